The molecule has 0 radical (unpaired) electrons. The van der Waals surface area contributed by atoms with Gasteiger partial charge in [-0.15, -0.1) is 0 Å². The molecule has 0 saturated carbocycles. The molecule has 276 valence electrons. The molecule has 0 atom stereocenters. The molecule has 0 unspecified atom stereocenters. The largest absolute Gasteiger partial charge is 0.208 e. The quantitative estimate of drug-likeness (QED) is 0.163. The van der Waals surface area contributed by atoms with Crippen LogP contribution in [0.2, 0.25) is 0 Å². The predicted molar refractivity (Wildman–Crippen MR) is 242 cm³/mol. The number of fused-ring (bicyclic) bond motifs is 4. The number of hydrogen-bond donors (Lipinski definition) is 0. The first-order valence-electron chi connectivity index (χ1n) is 20.1. The second-order valence-corrected chi connectivity index (χ2v) is 15.2. The van der Waals surface area contributed by atoms with Crippen LogP contribution in [-0.4, -0.2) is 15.0 Å². The van der Waals surface area contributed by atoms with Gasteiger partial charge in [0.25, 0.3) is 0 Å². The zero-order valence-corrected chi connectivity index (χ0v) is 32.2. The summed E-state index contributed by atoms with van der Waals surface area (Å²) in [6.07, 6.45) is 0. The second-order valence-electron chi connectivity index (χ2n) is 15.2. The molecule has 11 rings (SSSR count). The van der Waals surface area contributed by atoms with Gasteiger partial charge in [0.15, 0.2) is 17.5 Å². The van der Waals surface area contributed by atoms with Crippen molar-refractivity contribution in [1.29, 1.82) is 0 Å². The topological polar surface area (TPSA) is 38.7 Å². The lowest BCUT2D eigenvalue weighted by Crippen LogP contribution is -2.28. The van der Waals surface area contributed by atoms with Crippen LogP contribution in [0.4, 0.5) is 0 Å². The number of rotatable bonds is 7. The Morgan fingerprint density at radius 1 is 0.254 bits per heavy atom. The van der Waals surface area contributed by atoms with Crippen molar-refractivity contribution in [2.24, 2.45) is 0 Å². The molecule has 9 aromatic carbocycles. The summed E-state index contributed by atoms with van der Waals surface area (Å²) in [5.74, 6) is 1.92. The highest BCUT2D eigenvalue weighted by Gasteiger charge is 2.46. The molecule has 10 aromatic rings. The van der Waals surface area contributed by atoms with Crippen LogP contribution >= 0.6 is 0 Å². The number of aromatic nitrogens is 3. The molecule has 1 aliphatic rings. The van der Waals surface area contributed by atoms with Crippen LogP contribution in [0.3, 0.4) is 0 Å². The van der Waals surface area contributed by atoms with E-state index in [-0.39, 0.29) is 0 Å². The molecule has 0 aliphatic heterocycles. The van der Waals surface area contributed by atoms with Crippen LogP contribution in [0.1, 0.15) is 22.3 Å². The van der Waals surface area contributed by atoms with E-state index in [1.165, 1.54) is 38.9 Å². The molecule has 1 heterocycles. The third-order valence-electron chi connectivity index (χ3n) is 11.8. The SMILES string of the molecule is c1ccc(-c2cccc(-c3nc(-c4ccccc4)nc(-c4ccc5ccc(-c6ccc7c(c6)C(c6ccccc6)(c6ccccc6)c6ccccc6-7)cc5c4)n3)c2)cc1. The van der Waals surface area contributed by atoms with Crippen molar-refractivity contribution >= 4 is 10.8 Å². The van der Waals surface area contributed by atoms with Gasteiger partial charge in [0, 0.05) is 16.7 Å². The van der Waals surface area contributed by atoms with Crippen LogP contribution in [0.15, 0.2) is 224 Å². The summed E-state index contributed by atoms with van der Waals surface area (Å²) in [4.78, 5) is 15.2. The minimum Gasteiger partial charge on any atom is -0.208 e. The van der Waals surface area contributed by atoms with Gasteiger partial charge in [0.05, 0.1) is 5.41 Å². The Bertz CT molecular complexity index is 3100. The Balaban J connectivity index is 1.04. The molecule has 59 heavy (non-hydrogen) atoms. The number of hydrogen-bond acceptors (Lipinski definition) is 3. The monoisotopic (exact) mass is 751 g/mol. The summed E-state index contributed by atoms with van der Waals surface area (Å²) in [6.45, 7) is 0. The highest BCUT2D eigenvalue weighted by molar-refractivity contribution is 5.93. The summed E-state index contributed by atoms with van der Waals surface area (Å²) < 4.78 is 0. The van der Waals surface area contributed by atoms with Gasteiger partial charge in [-0.2, -0.15) is 0 Å². The average molecular weight is 752 g/mol. The summed E-state index contributed by atoms with van der Waals surface area (Å²) >= 11 is 0. The van der Waals surface area contributed by atoms with Crippen molar-refractivity contribution in [3.8, 4) is 67.5 Å². The fraction of sp³-hybridized carbons (Fsp3) is 0.0179. The minimum absolute atomic E-state index is 0.456. The first-order chi connectivity index (χ1) is 29.2. The van der Waals surface area contributed by atoms with E-state index in [1.54, 1.807) is 0 Å². The molecule has 0 saturated heterocycles. The maximum Gasteiger partial charge on any atom is 0.164 e. The van der Waals surface area contributed by atoms with Gasteiger partial charge < -0.3 is 0 Å². The third kappa shape index (κ3) is 5.95. The standard InChI is InChI=1S/C56H37N3/c1-5-16-38(17-6-1)41-20-15-21-44(34-41)54-57-53(40-18-7-2-8-19-40)58-55(59-54)45-31-29-39-28-30-42(35-46(39)36-45)43-32-33-50-49-26-13-14-27-51(49)56(52(50)37-43,47-22-9-3-10-23-47)48-24-11-4-12-25-48/h1-37H. The van der Waals surface area contributed by atoms with Gasteiger partial charge in [-0.05, 0) is 90.7 Å². The van der Waals surface area contributed by atoms with Gasteiger partial charge in [-0.3, -0.25) is 0 Å². The van der Waals surface area contributed by atoms with E-state index < -0.39 is 5.41 Å². The minimum atomic E-state index is -0.456. The summed E-state index contributed by atoms with van der Waals surface area (Å²) in [5.41, 5.74) is 14.6. The normalized spacial score (nSPS) is 12.5. The fourth-order valence-corrected chi connectivity index (χ4v) is 9.01. The van der Waals surface area contributed by atoms with Crippen molar-refractivity contribution < 1.29 is 0 Å². The van der Waals surface area contributed by atoms with E-state index in [9.17, 15) is 0 Å². The van der Waals surface area contributed by atoms with Crippen molar-refractivity contribution in [3.05, 3.63) is 247 Å². The van der Waals surface area contributed by atoms with Crippen molar-refractivity contribution in [1.82, 2.24) is 15.0 Å². The van der Waals surface area contributed by atoms with Gasteiger partial charge in [0.2, 0.25) is 0 Å². The van der Waals surface area contributed by atoms with Gasteiger partial charge in [-0.25, -0.2) is 15.0 Å². The van der Waals surface area contributed by atoms with Crippen LogP contribution in [0.25, 0.3) is 78.3 Å². The van der Waals surface area contributed by atoms with E-state index in [2.05, 4.69) is 200 Å². The van der Waals surface area contributed by atoms with Crippen LogP contribution < -0.4 is 0 Å². The highest BCUT2D eigenvalue weighted by atomic mass is 15.0. The summed E-state index contributed by atoms with van der Waals surface area (Å²) in [7, 11) is 0. The van der Waals surface area contributed by atoms with E-state index in [1.807, 2.05) is 24.3 Å². The van der Waals surface area contributed by atoms with Gasteiger partial charge in [0.1, 0.15) is 0 Å². The molecule has 0 bridgehead atoms. The molecule has 0 fully saturated rings. The Hall–Kier alpha value is -7.75. The van der Waals surface area contributed by atoms with Crippen LogP contribution in [-0.2, 0) is 5.41 Å². The van der Waals surface area contributed by atoms with Crippen molar-refractivity contribution in [2.45, 2.75) is 5.41 Å². The molecular weight excluding hydrogens is 715 g/mol. The molecule has 3 nitrogen and oxygen atoms in total. The van der Waals surface area contributed by atoms with Gasteiger partial charge in [-0.1, -0.05) is 200 Å². The first-order valence-corrected chi connectivity index (χ1v) is 20.1. The Morgan fingerprint density at radius 3 is 1.37 bits per heavy atom. The Kier molecular flexibility index (Phi) is 8.37. The molecule has 0 N–H and O–H groups in total. The zero-order valence-electron chi connectivity index (χ0n) is 32.2. The molecule has 1 aromatic heterocycles. The van der Waals surface area contributed by atoms with E-state index in [4.69, 9.17) is 15.0 Å². The predicted octanol–water partition coefficient (Wildman–Crippen LogP) is 13.7. The maximum atomic E-state index is 5.13. The van der Waals surface area contributed by atoms with E-state index in [0.29, 0.717) is 17.5 Å². The number of benzene rings is 9. The second kappa shape index (κ2) is 14.3. The van der Waals surface area contributed by atoms with Crippen molar-refractivity contribution in [2.75, 3.05) is 0 Å². The van der Waals surface area contributed by atoms with Crippen LogP contribution in [0, 0.1) is 0 Å². The lowest BCUT2D eigenvalue weighted by Gasteiger charge is -2.34. The van der Waals surface area contributed by atoms with E-state index in [0.717, 1.165) is 44.2 Å². The Morgan fingerprint density at radius 2 is 0.695 bits per heavy atom. The molecule has 3 heteroatoms. The summed E-state index contributed by atoms with van der Waals surface area (Å²) in [6, 6.07) is 80.2. The molecular formula is C56H37N3. The van der Waals surface area contributed by atoms with Crippen LogP contribution in [0.5, 0.6) is 0 Å². The van der Waals surface area contributed by atoms with E-state index >= 15 is 0 Å². The first kappa shape index (κ1) is 34.5. The summed E-state index contributed by atoms with van der Waals surface area (Å²) in [5, 5.41) is 2.28. The zero-order chi connectivity index (χ0) is 39.2. The maximum absolute atomic E-state index is 5.13. The molecule has 1 aliphatic carbocycles. The molecule has 0 spiro atoms. The molecule has 0 amide bonds. The Labute approximate surface area is 344 Å². The lowest BCUT2D eigenvalue weighted by molar-refractivity contribution is 0.769. The highest BCUT2D eigenvalue weighted by Crippen LogP contribution is 2.56. The fourth-order valence-electron chi connectivity index (χ4n) is 9.01. The lowest BCUT2D eigenvalue weighted by atomic mass is 9.67. The third-order valence-corrected chi connectivity index (χ3v) is 11.8. The number of nitrogens with zero attached hydrogens (tertiary/aromatic N) is 3. The van der Waals surface area contributed by atoms with Crippen molar-refractivity contribution in [3.63, 3.8) is 0 Å². The smallest absolute Gasteiger partial charge is 0.164 e. The average Bonchev–Trinajstić information content (AvgIpc) is 3.62. The van der Waals surface area contributed by atoms with Gasteiger partial charge >= 0.3 is 0 Å².